The number of nitrogens with two attached hydrogens (primary N) is 1. The second kappa shape index (κ2) is 7.36. The van der Waals surface area contributed by atoms with Crippen molar-refractivity contribution in [1.82, 2.24) is 0 Å². The van der Waals surface area contributed by atoms with Crippen LogP contribution in [0.3, 0.4) is 0 Å². The Morgan fingerprint density at radius 1 is 1.18 bits per heavy atom. The molecule has 2 aromatic carbocycles. The van der Waals surface area contributed by atoms with Crippen LogP contribution in [0, 0.1) is 0 Å². The third kappa shape index (κ3) is 3.69. The summed E-state index contributed by atoms with van der Waals surface area (Å²) in [7, 11) is 1.61. The van der Waals surface area contributed by atoms with Crippen molar-refractivity contribution in [3.63, 3.8) is 0 Å². The van der Waals surface area contributed by atoms with Gasteiger partial charge in [0, 0.05) is 0 Å². The predicted octanol–water partition coefficient (Wildman–Crippen LogP) is 3.59. The molecule has 0 heterocycles. The highest BCUT2D eigenvalue weighted by Gasteiger charge is 2.10. The Bertz CT molecular complexity index is 656. The van der Waals surface area contributed by atoms with E-state index in [2.05, 4.69) is 5.32 Å². The Hall–Kier alpha value is -2.69. The third-order valence-corrected chi connectivity index (χ3v) is 3.10. The zero-order chi connectivity index (χ0) is 15.9. The highest BCUT2D eigenvalue weighted by atomic mass is 16.5. The molecular weight excluding hydrogens is 280 g/mol. The maximum atomic E-state index is 11.8. The van der Waals surface area contributed by atoms with E-state index in [1.807, 2.05) is 31.2 Å². The SMILES string of the molecule is CCCOC(=O)c1ccc(Nc2ccccc2OC)c(N)c1. The summed E-state index contributed by atoms with van der Waals surface area (Å²) in [5.74, 6) is 0.353. The molecule has 0 saturated heterocycles. The number of hydrogen-bond acceptors (Lipinski definition) is 5. The summed E-state index contributed by atoms with van der Waals surface area (Å²) in [5.41, 5.74) is 8.44. The van der Waals surface area contributed by atoms with Crippen molar-refractivity contribution in [2.45, 2.75) is 13.3 Å². The lowest BCUT2D eigenvalue weighted by Crippen LogP contribution is -2.07. The molecule has 0 aliphatic rings. The summed E-state index contributed by atoms with van der Waals surface area (Å²) in [6.07, 6.45) is 0.786. The summed E-state index contributed by atoms with van der Waals surface area (Å²) < 4.78 is 10.4. The molecule has 2 aromatic rings. The Kier molecular flexibility index (Phi) is 5.25. The molecule has 0 aliphatic heterocycles. The van der Waals surface area contributed by atoms with E-state index in [1.54, 1.807) is 25.3 Å². The number of carbonyl (C=O) groups excluding carboxylic acids is 1. The lowest BCUT2D eigenvalue weighted by molar-refractivity contribution is 0.0505. The molecule has 3 N–H and O–H groups in total. The van der Waals surface area contributed by atoms with Gasteiger partial charge in [-0.15, -0.1) is 0 Å². The van der Waals surface area contributed by atoms with Crippen LogP contribution < -0.4 is 15.8 Å². The minimum atomic E-state index is -0.364. The van der Waals surface area contributed by atoms with Crippen LogP contribution in [0.2, 0.25) is 0 Å². The van der Waals surface area contributed by atoms with Crippen molar-refractivity contribution in [2.75, 3.05) is 24.8 Å². The van der Waals surface area contributed by atoms with Gasteiger partial charge in [-0.2, -0.15) is 0 Å². The first kappa shape index (κ1) is 15.7. The number of carbonyl (C=O) groups is 1. The first-order valence-corrected chi connectivity index (χ1v) is 7.12. The highest BCUT2D eigenvalue weighted by Crippen LogP contribution is 2.30. The largest absolute Gasteiger partial charge is 0.495 e. The van der Waals surface area contributed by atoms with Gasteiger partial charge in [0.2, 0.25) is 0 Å². The molecule has 0 atom stereocenters. The molecule has 0 aliphatic carbocycles. The Morgan fingerprint density at radius 3 is 2.64 bits per heavy atom. The van der Waals surface area contributed by atoms with E-state index in [4.69, 9.17) is 15.2 Å². The number of nitrogen functional groups attached to an aromatic ring is 1. The van der Waals surface area contributed by atoms with Gasteiger partial charge in [0.15, 0.2) is 0 Å². The van der Waals surface area contributed by atoms with Crippen LogP contribution in [-0.2, 0) is 4.74 Å². The number of nitrogens with one attached hydrogen (secondary N) is 1. The molecule has 116 valence electrons. The molecule has 5 nitrogen and oxygen atoms in total. The van der Waals surface area contributed by atoms with Gasteiger partial charge in [0.1, 0.15) is 5.75 Å². The van der Waals surface area contributed by atoms with Crippen LogP contribution in [0.5, 0.6) is 5.75 Å². The van der Waals surface area contributed by atoms with E-state index in [0.29, 0.717) is 29.3 Å². The molecular formula is C17H20N2O3. The molecule has 0 aromatic heterocycles. The number of rotatable bonds is 6. The number of esters is 1. The molecule has 0 bridgehead atoms. The summed E-state index contributed by atoms with van der Waals surface area (Å²) in [6, 6.07) is 12.6. The van der Waals surface area contributed by atoms with Gasteiger partial charge in [-0.3, -0.25) is 0 Å². The van der Waals surface area contributed by atoms with Crippen molar-refractivity contribution >= 4 is 23.0 Å². The van der Waals surface area contributed by atoms with Crippen LogP contribution in [0.1, 0.15) is 23.7 Å². The number of para-hydroxylation sites is 2. The first-order valence-electron chi connectivity index (χ1n) is 7.12. The minimum Gasteiger partial charge on any atom is -0.495 e. The van der Waals surface area contributed by atoms with Crippen LogP contribution >= 0.6 is 0 Å². The predicted molar refractivity (Wildman–Crippen MR) is 87.7 cm³/mol. The number of ether oxygens (including phenoxy) is 2. The first-order chi connectivity index (χ1) is 10.7. The van der Waals surface area contributed by atoms with Gasteiger partial charge < -0.3 is 20.5 Å². The van der Waals surface area contributed by atoms with E-state index in [1.165, 1.54) is 0 Å². The standard InChI is InChI=1S/C17H20N2O3/c1-3-10-22-17(20)12-8-9-14(13(18)11-12)19-15-6-4-5-7-16(15)21-2/h4-9,11,19H,3,10,18H2,1-2H3. The lowest BCUT2D eigenvalue weighted by atomic mass is 10.1. The zero-order valence-corrected chi connectivity index (χ0v) is 12.8. The van der Waals surface area contributed by atoms with E-state index < -0.39 is 0 Å². The van der Waals surface area contributed by atoms with Crippen LogP contribution in [0.15, 0.2) is 42.5 Å². The third-order valence-electron chi connectivity index (χ3n) is 3.10. The van der Waals surface area contributed by atoms with E-state index in [-0.39, 0.29) is 5.97 Å². The van der Waals surface area contributed by atoms with Gasteiger partial charge in [-0.25, -0.2) is 4.79 Å². The van der Waals surface area contributed by atoms with Crippen LogP contribution in [0.25, 0.3) is 0 Å². The molecule has 0 spiro atoms. The molecule has 0 unspecified atom stereocenters. The van der Waals surface area contributed by atoms with Crippen molar-refractivity contribution in [1.29, 1.82) is 0 Å². The molecule has 0 radical (unpaired) electrons. The topological polar surface area (TPSA) is 73.6 Å². The average Bonchev–Trinajstić information content (AvgIpc) is 2.54. The van der Waals surface area contributed by atoms with Gasteiger partial charge >= 0.3 is 5.97 Å². The van der Waals surface area contributed by atoms with Gasteiger partial charge in [0.05, 0.1) is 36.3 Å². The lowest BCUT2D eigenvalue weighted by Gasteiger charge is -2.13. The number of hydrogen-bond donors (Lipinski definition) is 2. The molecule has 5 heteroatoms. The fourth-order valence-corrected chi connectivity index (χ4v) is 1.97. The molecule has 22 heavy (non-hydrogen) atoms. The second-order valence-corrected chi connectivity index (χ2v) is 4.76. The molecule has 0 amide bonds. The normalized spacial score (nSPS) is 10.1. The smallest absolute Gasteiger partial charge is 0.338 e. The van der Waals surface area contributed by atoms with Crippen molar-refractivity contribution in [2.24, 2.45) is 0 Å². The number of benzene rings is 2. The Balaban J connectivity index is 2.18. The molecule has 2 rings (SSSR count). The fraction of sp³-hybridized carbons (Fsp3) is 0.235. The summed E-state index contributed by atoms with van der Waals surface area (Å²) in [6.45, 7) is 2.35. The monoisotopic (exact) mass is 300 g/mol. The molecule has 0 saturated carbocycles. The van der Waals surface area contributed by atoms with E-state index >= 15 is 0 Å². The number of anilines is 3. The molecule has 0 fully saturated rings. The van der Waals surface area contributed by atoms with E-state index in [0.717, 1.165) is 12.1 Å². The summed E-state index contributed by atoms with van der Waals surface area (Å²) in [5, 5.41) is 3.20. The van der Waals surface area contributed by atoms with Gasteiger partial charge in [-0.1, -0.05) is 19.1 Å². The zero-order valence-electron chi connectivity index (χ0n) is 12.8. The highest BCUT2D eigenvalue weighted by molar-refractivity contribution is 5.92. The van der Waals surface area contributed by atoms with Crippen LogP contribution in [0.4, 0.5) is 17.1 Å². The minimum absolute atomic E-state index is 0.364. The Morgan fingerprint density at radius 2 is 1.95 bits per heavy atom. The van der Waals surface area contributed by atoms with Crippen LogP contribution in [-0.4, -0.2) is 19.7 Å². The van der Waals surface area contributed by atoms with Crippen molar-refractivity contribution in [3.05, 3.63) is 48.0 Å². The van der Waals surface area contributed by atoms with E-state index in [9.17, 15) is 4.79 Å². The quantitative estimate of drug-likeness (QED) is 0.630. The number of methoxy groups -OCH3 is 1. The second-order valence-electron chi connectivity index (χ2n) is 4.76. The van der Waals surface area contributed by atoms with Gasteiger partial charge in [0.25, 0.3) is 0 Å². The summed E-state index contributed by atoms with van der Waals surface area (Å²) in [4.78, 5) is 11.8. The van der Waals surface area contributed by atoms with Gasteiger partial charge in [-0.05, 0) is 36.8 Å². The maximum Gasteiger partial charge on any atom is 0.338 e. The Labute approximate surface area is 130 Å². The maximum absolute atomic E-state index is 11.8. The van der Waals surface area contributed by atoms with Crippen molar-refractivity contribution < 1.29 is 14.3 Å². The summed E-state index contributed by atoms with van der Waals surface area (Å²) >= 11 is 0. The fourth-order valence-electron chi connectivity index (χ4n) is 1.97. The van der Waals surface area contributed by atoms with Crippen molar-refractivity contribution in [3.8, 4) is 5.75 Å². The average molecular weight is 300 g/mol.